The van der Waals surface area contributed by atoms with Gasteiger partial charge in [-0.25, -0.2) is 0 Å². The Bertz CT molecular complexity index is 1230. The molecule has 3 aromatic carbocycles. The average Bonchev–Trinajstić information content (AvgIpc) is 3.52. The predicted octanol–water partition coefficient (Wildman–Crippen LogP) is 4.61. The summed E-state index contributed by atoms with van der Waals surface area (Å²) < 4.78 is 0. The zero-order chi connectivity index (χ0) is 25.6. The normalized spacial score (nSPS) is 17.5. The molecule has 2 saturated heterocycles. The number of benzene rings is 3. The van der Waals surface area contributed by atoms with Gasteiger partial charge in [-0.3, -0.25) is 14.4 Å². The van der Waals surface area contributed by atoms with Gasteiger partial charge in [0.25, 0.3) is 5.91 Å². The molecule has 3 aromatic rings. The molecule has 2 fully saturated rings. The Morgan fingerprint density at radius 3 is 2.16 bits per heavy atom. The van der Waals surface area contributed by atoms with E-state index in [9.17, 15) is 14.4 Å². The van der Waals surface area contributed by atoms with Crippen LogP contribution in [0.25, 0.3) is 11.1 Å². The van der Waals surface area contributed by atoms with Gasteiger partial charge in [-0.1, -0.05) is 72.8 Å². The Labute approximate surface area is 218 Å². The maximum atomic E-state index is 13.8. The van der Waals surface area contributed by atoms with Crippen molar-refractivity contribution < 1.29 is 14.4 Å². The largest absolute Gasteiger partial charge is 0.343 e. The smallest absolute Gasteiger partial charge is 0.254 e. The van der Waals surface area contributed by atoms with Gasteiger partial charge in [-0.2, -0.15) is 0 Å². The van der Waals surface area contributed by atoms with Gasteiger partial charge in [-0.05, 0) is 48.1 Å². The highest BCUT2D eigenvalue weighted by atomic mass is 16.2. The van der Waals surface area contributed by atoms with Gasteiger partial charge in [0.15, 0.2) is 0 Å². The van der Waals surface area contributed by atoms with Gasteiger partial charge in [0.2, 0.25) is 11.8 Å². The molecular weight excluding hydrogens is 462 g/mol. The van der Waals surface area contributed by atoms with Crippen molar-refractivity contribution in [1.29, 1.82) is 0 Å². The molecule has 1 unspecified atom stereocenters. The number of amides is 3. The Kier molecular flexibility index (Phi) is 7.64. The molecule has 2 aliphatic rings. The highest BCUT2D eigenvalue weighted by Gasteiger charge is 2.38. The molecule has 0 aromatic heterocycles. The van der Waals surface area contributed by atoms with Crippen LogP contribution >= 0.6 is 0 Å². The Balaban J connectivity index is 1.32. The summed E-state index contributed by atoms with van der Waals surface area (Å²) in [5.41, 5.74) is 3.79. The second-order valence-electron chi connectivity index (χ2n) is 9.83. The van der Waals surface area contributed by atoms with Crippen molar-refractivity contribution in [3.8, 4) is 11.1 Å². The summed E-state index contributed by atoms with van der Waals surface area (Å²) in [7, 11) is 0. The van der Waals surface area contributed by atoms with E-state index < -0.39 is 6.04 Å². The molecule has 190 valence electrons. The van der Waals surface area contributed by atoms with Crippen LogP contribution in [-0.4, -0.2) is 64.6 Å². The first-order valence-corrected chi connectivity index (χ1v) is 13.2. The molecule has 6 heteroatoms. The summed E-state index contributed by atoms with van der Waals surface area (Å²) in [6, 6.07) is 27.1. The molecule has 0 N–H and O–H groups in total. The number of hydrogen-bond acceptors (Lipinski definition) is 3. The van der Waals surface area contributed by atoms with Crippen molar-refractivity contribution in [3.63, 3.8) is 0 Å². The predicted molar refractivity (Wildman–Crippen MR) is 144 cm³/mol. The maximum absolute atomic E-state index is 13.8. The second kappa shape index (κ2) is 11.4. The minimum atomic E-state index is -0.487. The van der Waals surface area contributed by atoms with Crippen LogP contribution in [0.3, 0.4) is 0 Å². The molecule has 5 rings (SSSR count). The van der Waals surface area contributed by atoms with Crippen molar-refractivity contribution >= 4 is 17.7 Å². The van der Waals surface area contributed by atoms with Crippen LogP contribution in [0.15, 0.2) is 84.9 Å². The SMILES string of the molecule is O=C1CCCN1CCCN(C(=O)c1ccc(-c2ccccc2)cc1)C1CCN(Cc2ccccc2)C1=O. The molecule has 0 bridgehead atoms. The molecule has 0 radical (unpaired) electrons. The third-order valence-electron chi connectivity index (χ3n) is 7.36. The zero-order valence-electron chi connectivity index (χ0n) is 21.1. The highest BCUT2D eigenvalue weighted by Crippen LogP contribution is 2.24. The van der Waals surface area contributed by atoms with Crippen LogP contribution in [0.5, 0.6) is 0 Å². The van der Waals surface area contributed by atoms with E-state index in [1.165, 1.54) is 0 Å². The molecule has 0 aliphatic carbocycles. The van der Waals surface area contributed by atoms with E-state index in [1.54, 1.807) is 4.90 Å². The monoisotopic (exact) mass is 495 g/mol. The molecule has 2 aliphatic heterocycles. The van der Waals surface area contributed by atoms with Crippen LogP contribution < -0.4 is 0 Å². The third-order valence-corrected chi connectivity index (χ3v) is 7.36. The number of nitrogens with zero attached hydrogens (tertiary/aromatic N) is 3. The molecule has 1 atom stereocenters. The van der Waals surface area contributed by atoms with E-state index in [0.717, 1.165) is 29.7 Å². The standard InChI is InChI=1S/C31H33N3O3/c35-29-13-7-19-32(29)20-8-21-34(28-18-22-33(31(28)37)23-24-9-3-1-4-10-24)30(36)27-16-14-26(15-17-27)25-11-5-2-6-12-25/h1-6,9-12,14-17,28H,7-8,13,18-23H2. The Hall–Kier alpha value is -3.93. The highest BCUT2D eigenvalue weighted by molar-refractivity contribution is 5.98. The number of likely N-dealkylation sites (tertiary alicyclic amines) is 2. The Morgan fingerprint density at radius 1 is 0.811 bits per heavy atom. The van der Waals surface area contributed by atoms with Gasteiger partial charge in [0.1, 0.15) is 6.04 Å². The minimum Gasteiger partial charge on any atom is -0.343 e. The van der Waals surface area contributed by atoms with E-state index in [2.05, 4.69) is 0 Å². The van der Waals surface area contributed by atoms with Crippen molar-refractivity contribution in [2.24, 2.45) is 0 Å². The first kappa shape index (κ1) is 24.8. The number of hydrogen-bond donors (Lipinski definition) is 0. The van der Waals surface area contributed by atoms with Crippen LogP contribution in [0, 0.1) is 0 Å². The first-order chi connectivity index (χ1) is 18.1. The van der Waals surface area contributed by atoms with E-state index in [4.69, 9.17) is 0 Å². The maximum Gasteiger partial charge on any atom is 0.254 e. The number of carbonyl (C=O) groups excluding carboxylic acids is 3. The summed E-state index contributed by atoms with van der Waals surface area (Å²) in [6.45, 7) is 3.01. The fourth-order valence-electron chi connectivity index (χ4n) is 5.35. The van der Waals surface area contributed by atoms with Crippen molar-refractivity contribution in [3.05, 3.63) is 96.1 Å². The van der Waals surface area contributed by atoms with Gasteiger partial charge in [-0.15, -0.1) is 0 Å². The third kappa shape index (κ3) is 5.74. The number of rotatable bonds is 9. The van der Waals surface area contributed by atoms with Crippen molar-refractivity contribution in [1.82, 2.24) is 14.7 Å². The van der Waals surface area contributed by atoms with E-state index in [-0.39, 0.29) is 17.7 Å². The summed E-state index contributed by atoms with van der Waals surface area (Å²) >= 11 is 0. The fourth-order valence-corrected chi connectivity index (χ4v) is 5.35. The fraction of sp³-hybridized carbons (Fsp3) is 0.323. The lowest BCUT2D eigenvalue weighted by Crippen LogP contribution is -2.46. The molecule has 3 amide bonds. The van der Waals surface area contributed by atoms with Crippen LogP contribution in [0.2, 0.25) is 0 Å². The van der Waals surface area contributed by atoms with Crippen molar-refractivity contribution in [2.75, 3.05) is 26.2 Å². The van der Waals surface area contributed by atoms with Gasteiger partial charge >= 0.3 is 0 Å². The summed E-state index contributed by atoms with van der Waals surface area (Å²) in [6.07, 6.45) is 2.76. The van der Waals surface area contributed by atoms with E-state index in [1.807, 2.05) is 94.7 Å². The van der Waals surface area contributed by atoms with E-state index in [0.29, 0.717) is 51.0 Å². The first-order valence-electron chi connectivity index (χ1n) is 13.2. The zero-order valence-corrected chi connectivity index (χ0v) is 21.1. The van der Waals surface area contributed by atoms with Crippen LogP contribution in [0.1, 0.15) is 41.6 Å². The average molecular weight is 496 g/mol. The van der Waals surface area contributed by atoms with Crippen LogP contribution in [-0.2, 0) is 16.1 Å². The second-order valence-corrected chi connectivity index (χ2v) is 9.83. The summed E-state index contributed by atoms with van der Waals surface area (Å²) in [5, 5.41) is 0. The molecule has 37 heavy (non-hydrogen) atoms. The van der Waals surface area contributed by atoms with Gasteiger partial charge < -0.3 is 14.7 Å². The lowest BCUT2D eigenvalue weighted by Gasteiger charge is -2.29. The quantitative estimate of drug-likeness (QED) is 0.436. The van der Waals surface area contributed by atoms with Gasteiger partial charge in [0, 0.05) is 44.7 Å². The summed E-state index contributed by atoms with van der Waals surface area (Å²) in [5.74, 6) is 0.0444. The van der Waals surface area contributed by atoms with Crippen molar-refractivity contribution in [2.45, 2.75) is 38.3 Å². The van der Waals surface area contributed by atoms with E-state index >= 15 is 0 Å². The minimum absolute atomic E-state index is 0.00430. The van der Waals surface area contributed by atoms with Gasteiger partial charge in [0.05, 0.1) is 0 Å². The lowest BCUT2D eigenvalue weighted by molar-refractivity contribution is -0.132. The molecular formula is C31H33N3O3. The Morgan fingerprint density at radius 2 is 1.49 bits per heavy atom. The topological polar surface area (TPSA) is 60.9 Å². The molecule has 2 heterocycles. The molecule has 0 saturated carbocycles. The summed E-state index contributed by atoms with van der Waals surface area (Å²) in [4.78, 5) is 44.7. The molecule has 0 spiro atoms. The lowest BCUT2D eigenvalue weighted by atomic mass is 10.0. The van der Waals surface area contributed by atoms with Crippen LogP contribution in [0.4, 0.5) is 0 Å². The molecule has 6 nitrogen and oxygen atoms in total. The number of carbonyl (C=O) groups is 3.